The molecule has 0 bridgehead atoms. The lowest BCUT2D eigenvalue weighted by Crippen LogP contribution is -2.09. The van der Waals surface area contributed by atoms with Crippen LogP contribution in [0.5, 0.6) is 0 Å². The standard InChI is InChI=1S/C9H13NOS/c1-8-2-4-9(5-3-8)6-7-12(10)11/h2-5H,6-7,10H2,1H3/t12-/m1/s1. The zero-order chi connectivity index (χ0) is 8.97. The molecule has 0 unspecified atom stereocenters. The normalized spacial score (nSPS) is 12.8. The molecular formula is C9H13NOS. The third-order valence-corrected chi connectivity index (χ3v) is 2.32. The maximum Gasteiger partial charge on any atom is 0.0891 e. The highest BCUT2D eigenvalue weighted by atomic mass is 32.2. The molecule has 0 aliphatic rings. The maximum atomic E-state index is 10.6. The van der Waals surface area contributed by atoms with Crippen molar-refractivity contribution in [2.75, 3.05) is 5.75 Å². The van der Waals surface area contributed by atoms with Crippen molar-refractivity contribution in [3.8, 4) is 0 Å². The van der Waals surface area contributed by atoms with Crippen molar-refractivity contribution >= 4 is 11.0 Å². The van der Waals surface area contributed by atoms with Crippen molar-refractivity contribution in [3.63, 3.8) is 0 Å². The van der Waals surface area contributed by atoms with E-state index in [2.05, 4.69) is 12.1 Å². The van der Waals surface area contributed by atoms with Crippen molar-refractivity contribution in [2.45, 2.75) is 13.3 Å². The van der Waals surface area contributed by atoms with Gasteiger partial charge in [0.1, 0.15) is 0 Å². The average Bonchev–Trinajstić information content (AvgIpc) is 2.03. The predicted octanol–water partition coefficient (Wildman–Crippen LogP) is 1.16. The Labute approximate surface area is 75.4 Å². The summed E-state index contributed by atoms with van der Waals surface area (Å²) in [7, 11) is -1.17. The lowest BCUT2D eigenvalue weighted by Gasteiger charge is -1.99. The summed E-state index contributed by atoms with van der Waals surface area (Å²) in [5.74, 6) is 0.545. The van der Waals surface area contributed by atoms with E-state index in [0.717, 1.165) is 6.42 Å². The predicted molar refractivity (Wildman–Crippen MR) is 52.1 cm³/mol. The van der Waals surface area contributed by atoms with E-state index in [1.807, 2.05) is 19.1 Å². The minimum Gasteiger partial charge on any atom is -0.252 e. The molecule has 0 amide bonds. The molecule has 1 rings (SSSR count). The van der Waals surface area contributed by atoms with Crippen LogP contribution < -0.4 is 5.14 Å². The Balaban J connectivity index is 2.53. The topological polar surface area (TPSA) is 43.1 Å². The Kier molecular flexibility index (Phi) is 3.44. The van der Waals surface area contributed by atoms with Gasteiger partial charge in [-0.1, -0.05) is 29.8 Å². The lowest BCUT2D eigenvalue weighted by atomic mass is 10.1. The van der Waals surface area contributed by atoms with E-state index in [1.165, 1.54) is 11.1 Å². The summed E-state index contributed by atoms with van der Waals surface area (Å²) in [6.07, 6.45) is 0.795. The van der Waals surface area contributed by atoms with Gasteiger partial charge in [0.25, 0.3) is 0 Å². The van der Waals surface area contributed by atoms with Crippen molar-refractivity contribution in [3.05, 3.63) is 35.4 Å². The van der Waals surface area contributed by atoms with E-state index in [4.69, 9.17) is 5.14 Å². The molecule has 1 atom stereocenters. The van der Waals surface area contributed by atoms with Crippen molar-refractivity contribution in [1.29, 1.82) is 0 Å². The van der Waals surface area contributed by atoms with Gasteiger partial charge in [-0.25, -0.2) is 4.21 Å². The summed E-state index contributed by atoms with van der Waals surface area (Å²) < 4.78 is 10.6. The number of hydrogen-bond acceptors (Lipinski definition) is 1. The fraction of sp³-hybridized carbons (Fsp3) is 0.333. The fourth-order valence-corrected chi connectivity index (χ4v) is 1.41. The Bertz CT molecular complexity index is 268. The minimum absolute atomic E-state index is 0.545. The molecule has 0 saturated carbocycles. The number of rotatable bonds is 3. The Morgan fingerprint density at radius 3 is 2.42 bits per heavy atom. The first-order chi connectivity index (χ1) is 5.68. The molecule has 0 aromatic heterocycles. The Hall–Kier alpha value is -0.670. The molecule has 0 aliphatic carbocycles. The molecule has 0 heterocycles. The second-order valence-electron chi connectivity index (χ2n) is 2.82. The Morgan fingerprint density at radius 2 is 1.92 bits per heavy atom. The fourth-order valence-electron chi connectivity index (χ4n) is 0.973. The molecule has 2 nitrogen and oxygen atoms in total. The van der Waals surface area contributed by atoms with Crippen LogP contribution in [-0.2, 0) is 17.4 Å². The van der Waals surface area contributed by atoms with Gasteiger partial charge in [-0.15, -0.1) is 0 Å². The zero-order valence-corrected chi connectivity index (χ0v) is 7.93. The highest BCUT2D eigenvalue weighted by Gasteiger charge is 1.94. The molecule has 66 valence electrons. The summed E-state index contributed by atoms with van der Waals surface area (Å²) in [6, 6.07) is 8.19. The van der Waals surface area contributed by atoms with Crippen molar-refractivity contribution in [1.82, 2.24) is 0 Å². The van der Waals surface area contributed by atoms with Crippen LogP contribution in [0.15, 0.2) is 24.3 Å². The van der Waals surface area contributed by atoms with Crippen LogP contribution in [0.4, 0.5) is 0 Å². The van der Waals surface area contributed by atoms with Gasteiger partial charge in [0.2, 0.25) is 0 Å². The average molecular weight is 183 g/mol. The van der Waals surface area contributed by atoms with Crippen LogP contribution in [0.2, 0.25) is 0 Å². The number of hydrogen-bond donors (Lipinski definition) is 1. The number of benzene rings is 1. The van der Waals surface area contributed by atoms with E-state index in [-0.39, 0.29) is 0 Å². The molecule has 1 aromatic carbocycles. The third-order valence-electron chi connectivity index (χ3n) is 1.71. The van der Waals surface area contributed by atoms with Crippen molar-refractivity contribution < 1.29 is 4.21 Å². The highest BCUT2D eigenvalue weighted by molar-refractivity contribution is 7.82. The molecule has 12 heavy (non-hydrogen) atoms. The minimum atomic E-state index is -1.17. The summed E-state index contributed by atoms with van der Waals surface area (Å²) in [5, 5.41) is 5.14. The first kappa shape index (κ1) is 9.42. The smallest absolute Gasteiger partial charge is 0.0891 e. The summed E-state index contributed by atoms with van der Waals surface area (Å²) in [5.41, 5.74) is 2.44. The molecule has 1 aromatic rings. The third kappa shape index (κ3) is 3.15. The van der Waals surface area contributed by atoms with Crippen molar-refractivity contribution in [2.24, 2.45) is 5.14 Å². The van der Waals surface area contributed by atoms with Crippen LogP contribution in [0, 0.1) is 6.92 Å². The molecule has 0 aliphatic heterocycles. The van der Waals surface area contributed by atoms with Gasteiger partial charge < -0.3 is 0 Å². The SMILES string of the molecule is Cc1ccc(CC[S@](N)=O)cc1. The highest BCUT2D eigenvalue weighted by Crippen LogP contribution is 2.03. The van der Waals surface area contributed by atoms with Gasteiger partial charge in [-0.3, -0.25) is 5.14 Å². The van der Waals surface area contributed by atoms with E-state index in [1.54, 1.807) is 0 Å². The second kappa shape index (κ2) is 4.38. The first-order valence-corrected chi connectivity index (χ1v) is 5.25. The second-order valence-corrected chi connectivity index (χ2v) is 3.99. The number of nitrogens with two attached hydrogens (primary N) is 1. The van der Waals surface area contributed by atoms with Crippen LogP contribution >= 0.6 is 0 Å². The molecule has 0 fully saturated rings. The van der Waals surface area contributed by atoms with Crippen LogP contribution in [-0.4, -0.2) is 9.96 Å². The van der Waals surface area contributed by atoms with Crippen LogP contribution in [0.3, 0.4) is 0 Å². The largest absolute Gasteiger partial charge is 0.252 e. The van der Waals surface area contributed by atoms with Gasteiger partial charge in [0.15, 0.2) is 0 Å². The summed E-state index contributed by atoms with van der Waals surface area (Å²) in [6.45, 7) is 2.05. The maximum absolute atomic E-state index is 10.6. The van der Waals surface area contributed by atoms with Gasteiger partial charge in [0.05, 0.1) is 11.0 Å². The van der Waals surface area contributed by atoms with Crippen LogP contribution in [0.25, 0.3) is 0 Å². The molecular weight excluding hydrogens is 170 g/mol. The monoisotopic (exact) mass is 183 g/mol. The van der Waals surface area contributed by atoms with E-state index in [9.17, 15) is 4.21 Å². The summed E-state index contributed by atoms with van der Waals surface area (Å²) in [4.78, 5) is 0. The molecule has 0 radical (unpaired) electrons. The van der Waals surface area contributed by atoms with E-state index in [0.29, 0.717) is 5.75 Å². The molecule has 0 spiro atoms. The number of aryl methyl sites for hydroxylation is 2. The zero-order valence-electron chi connectivity index (χ0n) is 7.12. The first-order valence-electron chi connectivity index (χ1n) is 3.87. The molecule has 3 heteroatoms. The van der Waals surface area contributed by atoms with Crippen LogP contribution in [0.1, 0.15) is 11.1 Å². The quantitative estimate of drug-likeness (QED) is 0.750. The van der Waals surface area contributed by atoms with E-state index >= 15 is 0 Å². The molecule has 0 saturated heterocycles. The lowest BCUT2D eigenvalue weighted by molar-refractivity contribution is 0.683. The summed E-state index contributed by atoms with van der Waals surface area (Å²) >= 11 is 0. The Morgan fingerprint density at radius 1 is 1.33 bits per heavy atom. The van der Waals surface area contributed by atoms with E-state index < -0.39 is 11.0 Å². The van der Waals surface area contributed by atoms with Gasteiger partial charge in [0, 0.05) is 5.75 Å². The van der Waals surface area contributed by atoms with Gasteiger partial charge in [-0.05, 0) is 18.9 Å². The molecule has 2 N–H and O–H groups in total. The van der Waals surface area contributed by atoms with Gasteiger partial charge >= 0.3 is 0 Å². The van der Waals surface area contributed by atoms with Gasteiger partial charge in [-0.2, -0.15) is 0 Å².